The third-order valence-corrected chi connectivity index (χ3v) is 13.4. The van der Waals surface area contributed by atoms with E-state index >= 15 is 0 Å². The van der Waals surface area contributed by atoms with E-state index in [4.69, 9.17) is 9.15 Å². The molecule has 11 aromatic rings. The Labute approximate surface area is 340 Å². The molecule has 0 saturated heterocycles. The van der Waals surface area contributed by atoms with Gasteiger partial charge in [-0.2, -0.15) is 0 Å². The molecule has 0 N–H and O–H groups in total. The van der Waals surface area contributed by atoms with Crippen molar-refractivity contribution in [1.29, 1.82) is 0 Å². The van der Waals surface area contributed by atoms with Crippen molar-refractivity contribution in [3.63, 3.8) is 0 Å². The van der Waals surface area contributed by atoms with Crippen molar-refractivity contribution >= 4 is 43.5 Å². The third kappa shape index (κ3) is 4.00. The summed E-state index contributed by atoms with van der Waals surface area (Å²) in [5.74, 6) is 1.81. The van der Waals surface area contributed by atoms with Gasteiger partial charge in [0.15, 0.2) is 0 Å². The van der Waals surface area contributed by atoms with Crippen LogP contribution >= 0.6 is 0 Å². The summed E-state index contributed by atoms with van der Waals surface area (Å²) in [6, 6.07) is 71.6. The number of fused-ring (bicyclic) bond motifs is 17. The van der Waals surface area contributed by atoms with Gasteiger partial charge in [-0.1, -0.05) is 146 Å². The van der Waals surface area contributed by atoms with Crippen LogP contribution in [0.5, 0.6) is 11.5 Å². The molecule has 2 heterocycles. The van der Waals surface area contributed by atoms with E-state index in [1.165, 1.54) is 93.9 Å². The normalized spacial score (nSPS) is 13.7. The van der Waals surface area contributed by atoms with Gasteiger partial charge in [-0.3, -0.25) is 0 Å². The van der Waals surface area contributed by atoms with Crippen molar-refractivity contribution < 1.29 is 9.15 Å². The van der Waals surface area contributed by atoms with Gasteiger partial charge in [0.2, 0.25) is 0 Å². The second kappa shape index (κ2) is 11.2. The summed E-state index contributed by atoms with van der Waals surface area (Å²) in [6.45, 7) is 0. The Morgan fingerprint density at radius 3 is 1.86 bits per heavy atom. The fraction of sp³-hybridized carbons (Fsp3) is 0.0175. The Balaban J connectivity index is 1.08. The summed E-state index contributed by atoms with van der Waals surface area (Å²) in [7, 11) is 0. The zero-order valence-corrected chi connectivity index (χ0v) is 31.8. The van der Waals surface area contributed by atoms with Crippen molar-refractivity contribution in [2.45, 2.75) is 5.41 Å². The zero-order chi connectivity index (χ0) is 38.4. The lowest BCUT2D eigenvalue weighted by Crippen LogP contribution is -2.26. The van der Waals surface area contributed by atoms with Gasteiger partial charge in [-0.05, 0) is 137 Å². The molecule has 0 atom stereocenters. The van der Waals surface area contributed by atoms with E-state index in [0.717, 1.165) is 39.0 Å². The first-order chi connectivity index (χ1) is 29.2. The van der Waals surface area contributed by atoms with Gasteiger partial charge < -0.3 is 9.15 Å². The van der Waals surface area contributed by atoms with Crippen molar-refractivity contribution in [3.8, 4) is 67.1 Å². The van der Waals surface area contributed by atoms with Crippen LogP contribution in [-0.4, -0.2) is 0 Å². The van der Waals surface area contributed by atoms with E-state index in [9.17, 15) is 0 Å². The van der Waals surface area contributed by atoms with Gasteiger partial charge in [-0.15, -0.1) is 0 Å². The molecule has 2 nitrogen and oxygen atoms in total. The molecule has 59 heavy (non-hydrogen) atoms. The van der Waals surface area contributed by atoms with Crippen LogP contribution in [0.3, 0.4) is 0 Å². The number of hydrogen-bond acceptors (Lipinski definition) is 2. The van der Waals surface area contributed by atoms with Crippen LogP contribution in [0.4, 0.5) is 0 Å². The molecule has 1 aromatic heterocycles. The highest BCUT2D eigenvalue weighted by Crippen LogP contribution is 2.66. The monoisotopic (exact) mass is 748 g/mol. The quantitative estimate of drug-likeness (QED) is 0.176. The molecule has 1 aliphatic heterocycles. The summed E-state index contributed by atoms with van der Waals surface area (Å²) in [4.78, 5) is 0. The standard InChI is InChI=1S/C57H32O2/c1-2-14-38-36(11-1)30-44(37-25-28-51-45(31-37)41-17-5-8-21-50(41)58-51)55-43-26-23-35(34-24-27-52-46(29-34)42-18-9-12-33-13-10-22-53(59-52)54(33)42)32-49(43)57(56(38)55)47-19-6-3-15-39(47)40-16-4-7-20-48(40)57/h1-32H. The predicted octanol–water partition coefficient (Wildman–Crippen LogP) is 15.3. The van der Waals surface area contributed by atoms with Crippen LogP contribution in [0, 0.1) is 0 Å². The van der Waals surface area contributed by atoms with Gasteiger partial charge in [0.05, 0.1) is 5.41 Å². The highest BCUT2D eigenvalue weighted by molar-refractivity contribution is 6.12. The second-order valence-electron chi connectivity index (χ2n) is 16.3. The SMILES string of the molecule is c1ccc2c(c1)-c1ccccc1C21c2cc(-c3ccc4c(c3)-c3cccc5cccc(c35)O4)ccc2-c2c(-c3ccc4oc5ccccc5c4c3)cc3ccccc3c21. The van der Waals surface area contributed by atoms with Crippen LogP contribution < -0.4 is 4.74 Å². The van der Waals surface area contributed by atoms with E-state index in [0.29, 0.717) is 0 Å². The van der Waals surface area contributed by atoms with E-state index in [1.54, 1.807) is 0 Å². The summed E-state index contributed by atoms with van der Waals surface area (Å²) in [5.41, 5.74) is 18.9. The Morgan fingerprint density at radius 2 is 1.00 bits per heavy atom. The van der Waals surface area contributed by atoms with Crippen molar-refractivity contribution in [2.24, 2.45) is 0 Å². The smallest absolute Gasteiger partial charge is 0.135 e. The molecular weight excluding hydrogens is 717 g/mol. The van der Waals surface area contributed by atoms with Crippen LogP contribution in [-0.2, 0) is 5.41 Å². The minimum atomic E-state index is -0.544. The van der Waals surface area contributed by atoms with E-state index in [1.807, 2.05) is 6.07 Å². The molecule has 0 unspecified atom stereocenters. The summed E-state index contributed by atoms with van der Waals surface area (Å²) < 4.78 is 12.9. The Bertz CT molecular complexity index is 3610. The Morgan fingerprint density at radius 1 is 0.339 bits per heavy atom. The lowest BCUT2D eigenvalue weighted by atomic mass is 9.69. The van der Waals surface area contributed by atoms with E-state index < -0.39 is 5.41 Å². The molecule has 0 radical (unpaired) electrons. The molecule has 3 aliphatic rings. The molecular formula is C57H32O2. The number of para-hydroxylation sites is 1. The molecule has 0 bridgehead atoms. The number of benzene rings is 10. The maximum atomic E-state index is 6.55. The van der Waals surface area contributed by atoms with Gasteiger partial charge in [0, 0.05) is 21.7 Å². The third-order valence-electron chi connectivity index (χ3n) is 13.4. The summed E-state index contributed by atoms with van der Waals surface area (Å²) in [5, 5.41) is 7.14. The van der Waals surface area contributed by atoms with Crippen molar-refractivity contribution in [1.82, 2.24) is 0 Å². The molecule has 14 rings (SSSR count). The van der Waals surface area contributed by atoms with Gasteiger partial charge in [0.25, 0.3) is 0 Å². The van der Waals surface area contributed by atoms with Crippen LogP contribution in [0.25, 0.3) is 99.1 Å². The second-order valence-corrected chi connectivity index (χ2v) is 16.3. The molecule has 272 valence electrons. The topological polar surface area (TPSA) is 22.4 Å². The first kappa shape index (κ1) is 31.4. The van der Waals surface area contributed by atoms with Gasteiger partial charge in [-0.25, -0.2) is 0 Å². The largest absolute Gasteiger partial charge is 0.456 e. The van der Waals surface area contributed by atoms with Crippen LogP contribution in [0.2, 0.25) is 0 Å². The molecule has 0 fully saturated rings. The average Bonchev–Trinajstić information content (AvgIpc) is 3.93. The highest BCUT2D eigenvalue weighted by Gasteiger charge is 2.53. The lowest BCUT2D eigenvalue weighted by Gasteiger charge is -2.32. The number of hydrogen-bond donors (Lipinski definition) is 0. The minimum Gasteiger partial charge on any atom is -0.456 e. The Hall–Kier alpha value is -7.68. The minimum absolute atomic E-state index is 0.544. The van der Waals surface area contributed by atoms with Crippen molar-refractivity contribution in [2.75, 3.05) is 0 Å². The van der Waals surface area contributed by atoms with E-state index in [2.05, 4.69) is 188 Å². The molecule has 0 amide bonds. The first-order valence-corrected chi connectivity index (χ1v) is 20.4. The lowest BCUT2D eigenvalue weighted by molar-refractivity contribution is 0.487. The maximum Gasteiger partial charge on any atom is 0.135 e. The fourth-order valence-corrected chi connectivity index (χ4v) is 11.1. The molecule has 2 heteroatoms. The van der Waals surface area contributed by atoms with Crippen molar-refractivity contribution in [3.05, 3.63) is 216 Å². The number of ether oxygens (including phenoxy) is 1. The molecule has 2 aliphatic carbocycles. The fourth-order valence-electron chi connectivity index (χ4n) is 11.1. The average molecular weight is 749 g/mol. The molecule has 10 aromatic carbocycles. The zero-order valence-electron chi connectivity index (χ0n) is 31.8. The van der Waals surface area contributed by atoms with Crippen LogP contribution in [0.1, 0.15) is 22.3 Å². The molecule has 1 spiro atoms. The van der Waals surface area contributed by atoms with Gasteiger partial charge in [0.1, 0.15) is 22.7 Å². The summed E-state index contributed by atoms with van der Waals surface area (Å²) >= 11 is 0. The van der Waals surface area contributed by atoms with Crippen LogP contribution in [0.15, 0.2) is 199 Å². The number of rotatable bonds is 2. The summed E-state index contributed by atoms with van der Waals surface area (Å²) in [6.07, 6.45) is 0. The van der Waals surface area contributed by atoms with E-state index in [-0.39, 0.29) is 0 Å². The predicted molar refractivity (Wildman–Crippen MR) is 241 cm³/mol. The maximum absolute atomic E-state index is 6.55. The number of furan rings is 1. The first-order valence-electron chi connectivity index (χ1n) is 20.4. The highest BCUT2D eigenvalue weighted by atomic mass is 16.5. The molecule has 0 saturated carbocycles. The Kier molecular flexibility index (Phi) is 5.99. The van der Waals surface area contributed by atoms with Gasteiger partial charge >= 0.3 is 0 Å².